The monoisotopic (exact) mass is 366 g/mol. The molecule has 5 heteroatoms. The van der Waals surface area contributed by atoms with Crippen molar-refractivity contribution < 1.29 is 0 Å². The van der Waals surface area contributed by atoms with Crippen molar-refractivity contribution in [1.29, 1.82) is 0 Å². The van der Waals surface area contributed by atoms with Crippen molar-refractivity contribution in [2.75, 3.05) is 0 Å². The minimum Gasteiger partial charge on any atom is -0.306 e. The van der Waals surface area contributed by atoms with Gasteiger partial charge in [-0.25, -0.2) is 9.36 Å². The normalized spacial score (nSPS) is 18.3. The van der Waals surface area contributed by atoms with Gasteiger partial charge in [0.25, 0.3) is 5.56 Å². The topological polar surface area (TPSA) is 54.9 Å². The van der Waals surface area contributed by atoms with E-state index in [1.54, 1.807) is 24.3 Å². The Hall–Kier alpha value is -2.59. The highest BCUT2D eigenvalue weighted by molar-refractivity contribution is 6.30. The second-order valence-corrected chi connectivity index (χ2v) is 7.49. The third-order valence-corrected chi connectivity index (χ3v) is 5.65. The molecule has 4 nitrogen and oxygen atoms in total. The molecule has 1 unspecified atom stereocenters. The second kappa shape index (κ2) is 5.99. The van der Waals surface area contributed by atoms with Crippen LogP contribution in [0.25, 0.3) is 16.9 Å². The molecule has 1 N–H and O–H groups in total. The van der Waals surface area contributed by atoms with Crippen LogP contribution in [0.4, 0.5) is 0 Å². The van der Waals surface area contributed by atoms with Crippen LogP contribution >= 0.6 is 11.6 Å². The van der Waals surface area contributed by atoms with E-state index in [2.05, 4.69) is 24.9 Å². The number of nitrogens with one attached hydrogen (secondary N) is 1. The highest BCUT2D eigenvalue weighted by Gasteiger charge is 2.37. The zero-order valence-electron chi connectivity index (χ0n) is 14.7. The van der Waals surface area contributed by atoms with Gasteiger partial charge in [-0.15, -0.1) is 0 Å². The van der Waals surface area contributed by atoms with Gasteiger partial charge in [0.05, 0.1) is 11.4 Å². The lowest BCUT2D eigenvalue weighted by atomic mass is 9.69. The molecule has 3 aromatic rings. The van der Waals surface area contributed by atoms with Crippen LogP contribution < -0.4 is 11.2 Å². The summed E-state index contributed by atoms with van der Waals surface area (Å²) in [5, 5.41) is 0.482. The zero-order chi connectivity index (χ0) is 18.5. The first-order chi connectivity index (χ1) is 12.4. The van der Waals surface area contributed by atoms with Crippen molar-refractivity contribution in [1.82, 2.24) is 9.55 Å². The van der Waals surface area contributed by atoms with E-state index in [-0.39, 0.29) is 11.0 Å². The van der Waals surface area contributed by atoms with Crippen LogP contribution in [-0.4, -0.2) is 9.55 Å². The number of nitrogens with zero attached hydrogens (tertiary/aromatic N) is 1. The molecule has 0 spiro atoms. The summed E-state index contributed by atoms with van der Waals surface area (Å²) in [4.78, 5) is 29.2. The van der Waals surface area contributed by atoms with Crippen molar-refractivity contribution >= 4 is 11.6 Å². The first-order valence-corrected chi connectivity index (χ1v) is 9.06. The minimum absolute atomic E-state index is 0.273. The summed E-state index contributed by atoms with van der Waals surface area (Å²) in [6.07, 6.45) is 1.56. The minimum atomic E-state index is -0.453. The fourth-order valence-electron chi connectivity index (χ4n) is 3.88. The Morgan fingerprint density at radius 3 is 2.65 bits per heavy atom. The molecule has 2 aromatic carbocycles. The average Bonchev–Trinajstić information content (AvgIpc) is 2.61. The maximum absolute atomic E-state index is 13.4. The van der Waals surface area contributed by atoms with Crippen LogP contribution in [0.5, 0.6) is 0 Å². The van der Waals surface area contributed by atoms with Crippen LogP contribution in [0.2, 0.25) is 5.02 Å². The van der Waals surface area contributed by atoms with Crippen molar-refractivity contribution in [2.45, 2.75) is 32.1 Å². The lowest BCUT2D eigenvalue weighted by molar-refractivity contribution is 0.437. The highest BCUT2D eigenvalue weighted by Crippen LogP contribution is 2.41. The Morgan fingerprint density at radius 2 is 1.92 bits per heavy atom. The van der Waals surface area contributed by atoms with E-state index in [9.17, 15) is 9.59 Å². The molecule has 0 saturated heterocycles. The van der Waals surface area contributed by atoms with E-state index in [0.29, 0.717) is 22.0 Å². The zero-order valence-corrected chi connectivity index (χ0v) is 15.4. The second-order valence-electron chi connectivity index (χ2n) is 7.05. The Bertz CT molecular complexity index is 1130. The van der Waals surface area contributed by atoms with E-state index in [1.165, 1.54) is 4.57 Å². The van der Waals surface area contributed by atoms with E-state index in [4.69, 9.17) is 11.6 Å². The summed E-state index contributed by atoms with van der Waals surface area (Å²) in [6.45, 7) is 4.16. The molecule has 1 aliphatic rings. The molecular formula is C21H19ClN2O2. The quantitative estimate of drug-likeness (QED) is 0.743. The number of H-pyrrole nitrogens is 1. The molecule has 0 amide bonds. The van der Waals surface area contributed by atoms with Crippen LogP contribution in [0.1, 0.15) is 31.4 Å². The predicted octanol–water partition coefficient (Wildman–Crippen LogP) is 4.07. The Balaban J connectivity index is 2.10. The third kappa shape index (κ3) is 2.44. The molecule has 0 bridgehead atoms. The van der Waals surface area contributed by atoms with E-state index >= 15 is 0 Å². The van der Waals surface area contributed by atoms with Crippen molar-refractivity contribution in [3.63, 3.8) is 0 Å². The molecule has 1 atom stereocenters. The molecule has 1 aliphatic carbocycles. The van der Waals surface area contributed by atoms with Gasteiger partial charge in [0.2, 0.25) is 0 Å². The van der Waals surface area contributed by atoms with Gasteiger partial charge < -0.3 is 4.98 Å². The standard InChI is InChI=1S/C21H19ClN2O2/c1-3-21(2)12-13-7-4-5-10-16(13)18-17(21)19(25)24(20(26)23-18)15-9-6-8-14(22)11-15/h4-11H,3,12H2,1-2H3,(H,23,26). The molecule has 1 aromatic heterocycles. The molecule has 132 valence electrons. The van der Waals surface area contributed by atoms with Gasteiger partial charge >= 0.3 is 5.69 Å². The van der Waals surface area contributed by atoms with Gasteiger partial charge in [0, 0.05) is 21.6 Å². The van der Waals surface area contributed by atoms with Crippen molar-refractivity contribution in [3.8, 4) is 16.9 Å². The Kier molecular flexibility index (Phi) is 3.88. The van der Waals surface area contributed by atoms with Gasteiger partial charge in [-0.2, -0.15) is 0 Å². The maximum atomic E-state index is 13.4. The Labute approximate surface area is 156 Å². The number of halogens is 1. The fourth-order valence-corrected chi connectivity index (χ4v) is 4.06. The first-order valence-electron chi connectivity index (χ1n) is 8.68. The number of benzene rings is 2. The number of hydrogen-bond acceptors (Lipinski definition) is 2. The van der Waals surface area contributed by atoms with Crippen molar-refractivity contribution in [2.24, 2.45) is 0 Å². The van der Waals surface area contributed by atoms with Crippen LogP contribution in [0, 0.1) is 0 Å². The first kappa shape index (κ1) is 16.9. The summed E-state index contributed by atoms with van der Waals surface area (Å²) in [7, 11) is 0. The predicted molar refractivity (Wildman–Crippen MR) is 104 cm³/mol. The summed E-state index contributed by atoms with van der Waals surface area (Å²) < 4.78 is 1.19. The van der Waals surface area contributed by atoms with Gasteiger partial charge in [-0.05, 0) is 36.6 Å². The molecule has 1 heterocycles. The van der Waals surface area contributed by atoms with Gasteiger partial charge in [0.15, 0.2) is 0 Å². The number of aromatic nitrogens is 2. The highest BCUT2D eigenvalue weighted by atomic mass is 35.5. The van der Waals surface area contributed by atoms with Crippen molar-refractivity contribution in [3.05, 3.63) is 85.5 Å². The SMILES string of the molecule is CCC1(C)Cc2ccccc2-c2[nH]c(=O)n(-c3cccc(Cl)c3)c(=O)c21. The summed E-state index contributed by atoms with van der Waals surface area (Å²) in [6, 6.07) is 14.7. The van der Waals surface area contributed by atoms with E-state index < -0.39 is 5.69 Å². The number of hydrogen-bond donors (Lipinski definition) is 1. The molecule has 26 heavy (non-hydrogen) atoms. The summed E-state index contributed by atoms with van der Waals surface area (Å²) in [5.41, 5.74) is 2.80. The summed E-state index contributed by atoms with van der Waals surface area (Å²) in [5.74, 6) is 0. The number of fused-ring (bicyclic) bond motifs is 3. The maximum Gasteiger partial charge on any atom is 0.333 e. The largest absolute Gasteiger partial charge is 0.333 e. The molecule has 0 fully saturated rings. The smallest absolute Gasteiger partial charge is 0.306 e. The fraction of sp³-hybridized carbons (Fsp3) is 0.238. The number of rotatable bonds is 2. The average molecular weight is 367 g/mol. The lowest BCUT2D eigenvalue weighted by Gasteiger charge is -2.35. The van der Waals surface area contributed by atoms with Crippen LogP contribution in [0.15, 0.2) is 58.1 Å². The lowest BCUT2D eigenvalue weighted by Crippen LogP contribution is -2.44. The van der Waals surface area contributed by atoms with Gasteiger partial charge in [-0.3, -0.25) is 4.79 Å². The molecule has 0 aliphatic heterocycles. The van der Waals surface area contributed by atoms with Crippen LogP contribution in [-0.2, 0) is 11.8 Å². The Morgan fingerprint density at radius 1 is 1.15 bits per heavy atom. The summed E-state index contributed by atoms with van der Waals surface area (Å²) >= 11 is 6.07. The van der Waals surface area contributed by atoms with Crippen LogP contribution in [0.3, 0.4) is 0 Å². The van der Waals surface area contributed by atoms with E-state index in [1.807, 2.05) is 18.2 Å². The number of aromatic amines is 1. The molecule has 0 radical (unpaired) electrons. The molecule has 0 saturated carbocycles. The van der Waals surface area contributed by atoms with E-state index in [0.717, 1.165) is 24.0 Å². The van der Waals surface area contributed by atoms with Gasteiger partial charge in [-0.1, -0.05) is 55.8 Å². The molecule has 4 rings (SSSR count). The molecular weight excluding hydrogens is 348 g/mol. The van der Waals surface area contributed by atoms with Gasteiger partial charge in [0.1, 0.15) is 0 Å². The third-order valence-electron chi connectivity index (χ3n) is 5.42.